The van der Waals surface area contributed by atoms with E-state index < -0.39 is 5.69 Å². The van der Waals surface area contributed by atoms with Gasteiger partial charge >= 0.3 is 11.7 Å². The SMILES string of the molecule is COC(=O)C1CCN(C(=O)Cn2cccnc2=O)C1. The third-order valence-electron chi connectivity index (χ3n) is 3.16. The zero-order chi connectivity index (χ0) is 13.8. The molecule has 0 saturated carbocycles. The lowest BCUT2D eigenvalue weighted by molar-refractivity contribution is -0.145. The van der Waals surface area contributed by atoms with Crippen molar-refractivity contribution in [2.75, 3.05) is 20.2 Å². The van der Waals surface area contributed by atoms with Crippen LogP contribution in [0.25, 0.3) is 0 Å². The van der Waals surface area contributed by atoms with Crippen LogP contribution in [0.4, 0.5) is 0 Å². The molecule has 1 atom stereocenters. The lowest BCUT2D eigenvalue weighted by Crippen LogP contribution is -2.36. The van der Waals surface area contributed by atoms with Gasteiger partial charge in [-0.05, 0) is 12.5 Å². The molecule has 1 aromatic heterocycles. The quantitative estimate of drug-likeness (QED) is 0.673. The number of carbonyl (C=O) groups is 2. The Labute approximate surface area is 109 Å². The first-order valence-corrected chi connectivity index (χ1v) is 5.99. The van der Waals surface area contributed by atoms with Crippen LogP contribution < -0.4 is 5.69 Å². The van der Waals surface area contributed by atoms with E-state index in [2.05, 4.69) is 9.72 Å². The number of amides is 1. The number of nitrogens with zero attached hydrogens (tertiary/aromatic N) is 3. The molecular weight excluding hydrogens is 250 g/mol. The average Bonchev–Trinajstić information content (AvgIpc) is 2.90. The molecule has 0 bridgehead atoms. The van der Waals surface area contributed by atoms with Crippen LogP contribution in [0.2, 0.25) is 0 Å². The minimum atomic E-state index is -0.459. The van der Waals surface area contributed by atoms with Crippen molar-refractivity contribution >= 4 is 11.9 Å². The van der Waals surface area contributed by atoms with Crippen molar-refractivity contribution in [3.8, 4) is 0 Å². The van der Waals surface area contributed by atoms with E-state index in [1.807, 2.05) is 0 Å². The average molecular weight is 265 g/mol. The maximum Gasteiger partial charge on any atom is 0.347 e. The zero-order valence-corrected chi connectivity index (χ0v) is 10.6. The number of hydrogen-bond acceptors (Lipinski definition) is 5. The van der Waals surface area contributed by atoms with E-state index >= 15 is 0 Å². The molecular formula is C12H15N3O4. The van der Waals surface area contributed by atoms with Crippen LogP contribution in [0.5, 0.6) is 0 Å². The minimum Gasteiger partial charge on any atom is -0.469 e. The maximum atomic E-state index is 12.0. The summed E-state index contributed by atoms with van der Waals surface area (Å²) in [6, 6.07) is 1.59. The molecule has 1 saturated heterocycles. The predicted molar refractivity (Wildman–Crippen MR) is 65.2 cm³/mol. The van der Waals surface area contributed by atoms with Crippen molar-refractivity contribution in [2.24, 2.45) is 5.92 Å². The van der Waals surface area contributed by atoms with Crippen molar-refractivity contribution in [1.29, 1.82) is 0 Å². The highest BCUT2D eigenvalue weighted by atomic mass is 16.5. The molecule has 0 spiro atoms. The van der Waals surface area contributed by atoms with Gasteiger partial charge in [0, 0.05) is 25.5 Å². The summed E-state index contributed by atoms with van der Waals surface area (Å²) in [6.45, 7) is 0.800. The van der Waals surface area contributed by atoms with Gasteiger partial charge in [-0.2, -0.15) is 0 Å². The molecule has 2 heterocycles. The summed E-state index contributed by atoms with van der Waals surface area (Å²) in [7, 11) is 1.34. The van der Waals surface area contributed by atoms with Crippen LogP contribution in [-0.2, 0) is 20.9 Å². The Kier molecular flexibility index (Phi) is 3.94. The molecule has 0 aromatic carbocycles. The summed E-state index contributed by atoms with van der Waals surface area (Å²) in [5, 5.41) is 0. The first-order valence-electron chi connectivity index (χ1n) is 5.99. The van der Waals surface area contributed by atoms with Crippen LogP contribution in [0.1, 0.15) is 6.42 Å². The number of ether oxygens (including phenoxy) is 1. The standard InChI is InChI=1S/C12H15N3O4/c1-19-11(17)9-3-6-14(7-9)10(16)8-15-5-2-4-13-12(15)18/h2,4-5,9H,3,6-8H2,1H3. The number of aromatic nitrogens is 2. The third-order valence-corrected chi connectivity index (χ3v) is 3.16. The summed E-state index contributed by atoms with van der Waals surface area (Å²) in [4.78, 5) is 39.9. The molecule has 0 aliphatic carbocycles. The molecule has 19 heavy (non-hydrogen) atoms. The lowest BCUT2D eigenvalue weighted by Gasteiger charge is -2.16. The van der Waals surface area contributed by atoms with Crippen molar-refractivity contribution < 1.29 is 14.3 Å². The van der Waals surface area contributed by atoms with Crippen LogP contribution in [0.15, 0.2) is 23.3 Å². The first-order chi connectivity index (χ1) is 9.11. The van der Waals surface area contributed by atoms with Gasteiger partial charge < -0.3 is 9.64 Å². The van der Waals surface area contributed by atoms with E-state index in [0.717, 1.165) is 0 Å². The smallest absolute Gasteiger partial charge is 0.347 e. The van der Waals surface area contributed by atoms with Crippen LogP contribution >= 0.6 is 0 Å². The number of rotatable bonds is 3. The Balaban J connectivity index is 1.97. The fourth-order valence-corrected chi connectivity index (χ4v) is 2.10. The van der Waals surface area contributed by atoms with Crippen LogP contribution in [0, 0.1) is 5.92 Å². The van der Waals surface area contributed by atoms with E-state index in [4.69, 9.17) is 0 Å². The summed E-state index contributed by atoms with van der Waals surface area (Å²) in [5.74, 6) is -0.755. The van der Waals surface area contributed by atoms with E-state index in [1.165, 1.54) is 24.1 Å². The molecule has 1 fully saturated rings. The molecule has 0 N–H and O–H groups in total. The van der Waals surface area contributed by atoms with Gasteiger partial charge in [-0.1, -0.05) is 0 Å². The van der Waals surface area contributed by atoms with Gasteiger partial charge in [-0.15, -0.1) is 0 Å². The van der Waals surface area contributed by atoms with Gasteiger partial charge in [-0.25, -0.2) is 9.78 Å². The Hall–Kier alpha value is -2.18. The Morgan fingerprint density at radius 3 is 3.00 bits per heavy atom. The minimum absolute atomic E-state index is 0.0550. The van der Waals surface area contributed by atoms with Gasteiger partial charge in [0.2, 0.25) is 5.91 Å². The normalized spacial score (nSPS) is 18.4. The Morgan fingerprint density at radius 1 is 1.53 bits per heavy atom. The summed E-state index contributed by atoms with van der Waals surface area (Å²) in [6.07, 6.45) is 3.49. The Bertz CT molecular complexity index is 540. The Morgan fingerprint density at radius 2 is 2.32 bits per heavy atom. The highest BCUT2D eigenvalue weighted by molar-refractivity contribution is 5.79. The van der Waals surface area contributed by atoms with Crippen molar-refractivity contribution in [3.05, 3.63) is 28.9 Å². The number of likely N-dealkylation sites (tertiary alicyclic amines) is 1. The van der Waals surface area contributed by atoms with Gasteiger partial charge in [0.25, 0.3) is 0 Å². The van der Waals surface area contributed by atoms with Gasteiger partial charge in [0.15, 0.2) is 0 Å². The van der Waals surface area contributed by atoms with E-state index in [9.17, 15) is 14.4 Å². The van der Waals surface area contributed by atoms with Crippen molar-refractivity contribution in [2.45, 2.75) is 13.0 Å². The zero-order valence-electron chi connectivity index (χ0n) is 10.6. The third kappa shape index (κ3) is 2.98. The fraction of sp³-hybridized carbons (Fsp3) is 0.500. The molecule has 7 nitrogen and oxygen atoms in total. The predicted octanol–water partition coefficient (Wildman–Crippen LogP) is -0.735. The molecule has 1 aliphatic heterocycles. The lowest BCUT2D eigenvalue weighted by atomic mass is 10.1. The largest absolute Gasteiger partial charge is 0.469 e. The van der Waals surface area contributed by atoms with E-state index in [-0.39, 0.29) is 24.3 Å². The molecule has 1 aromatic rings. The molecule has 1 aliphatic rings. The highest BCUT2D eigenvalue weighted by Gasteiger charge is 2.31. The van der Waals surface area contributed by atoms with Gasteiger partial charge in [-0.3, -0.25) is 14.2 Å². The van der Waals surface area contributed by atoms with Gasteiger partial charge in [0.1, 0.15) is 6.54 Å². The summed E-state index contributed by atoms with van der Waals surface area (Å²) >= 11 is 0. The first kappa shape index (κ1) is 13.3. The number of carbonyl (C=O) groups excluding carboxylic acids is 2. The second-order valence-electron chi connectivity index (χ2n) is 4.38. The molecule has 0 radical (unpaired) electrons. The highest BCUT2D eigenvalue weighted by Crippen LogP contribution is 2.17. The van der Waals surface area contributed by atoms with Gasteiger partial charge in [0.05, 0.1) is 13.0 Å². The van der Waals surface area contributed by atoms with Crippen LogP contribution in [0.3, 0.4) is 0 Å². The maximum absolute atomic E-state index is 12.0. The van der Waals surface area contributed by atoms with Crippen molar-refractivity contribution in [1.82, 2.24) is 14.5 Å². The molecule has 1 unspecified atom stereocenters. The van der Waals surface area contributed by atoms with Crippen LogP contribution in [-0.4, -0.2) is 46.5 Å². The number of hydrogen-bond donors (Lipinski definition) is 0. The number of esters is 1. The molecule has 7 heteroatoms. The molecule has 2 rings (SSSR count). The second kappa shape index (κ2) is 5.64. The second-order valence-corrected chi connectivity index (χ2v) is 4.38. The monoisotopic (exact) mass is 265 g/mol. The summed E-state index contributed by atoms with van der Waals surface area (Å²) in [5.41, 5.74) is -0.459. The fourth-order valence-electron chi connectivity index (χ4n) is 2.10. The van der Waals surface area contributed by atoms with E-state index in [0.29, 0.717) is 19.5 Å². The van der Waals surface area contributed by atoms with Crippen molar-refractivity contribution in [3.63, 3.8) is 0 Å². The summed E-state index contributed by atoms with van der Waals surface area (Å²) < 4.78 is 5.90. The molecule has 102 valence electrons. The molecule has 1 amide bonds. The van der Waals surface area contributed by atoms with E-state index in [1.54, 1.807) is 11.0 Å². The topological polar surface area (TPSA) is 81.5 Å². The number of methoxy groups -OCH3 is 1.